The first-order valence-corrected chi connectivity index (χ1v) is 5.90. The molecule has 0 aliphatic heterocycles. The molecule has 2 rings (SSSR count). The van der Waals surface area contributed by atoms with E-state index in [0.717, 1.165) is 5.33 Å². The number of rotatable bonds is 3. The van der Waals surface area contributed by atoms with Crippen LogP contribution in [0.25, 0.3) is 0 Å². The quantitative estimate of drug-likeness (QED) is 0.746. The number of halogens is 1. The van der Waals surface area contributed by atoms with E-state index in [1.807, 2.05) is 17.9 Å². The summed E-state index contributed by atoms with van der Waals surface area (Å²) in [5.41, 5.74) is 1.92. The fourth-order valence-electron chi connectivity index (χ4n) is 2.03. The molecular weight excluding hydrogens is 228 g/mol. The normalized spacial score (nSPS) is 19.8. The summed E-state index contributed by atoms with van der Waals surface area (Å²) >= 11 is 3.62. The number of nitrogens with zero attached hydrogens (tertiary/aromatic N) is 2. The molecule has 3 heteroatoms. The summed E-state index contributed by atoms with van der Waals surface area (Å²) in [4.78, 5) is 0. The fourth-order valence-corrected chi connectivity index (χ4v) is 2.79. The summed E-state index contributed by atoms with van der Waals surface area (Å²) in [7, 11) is 1.98. The zero-order chi connectivity index (χ0) is 9.31. The van der Waals surface area contributed by atoms with Gasteiger partial charge in [-0.25, -0.2) is 0 Å². The van der Waals surface area contributed by atoms with Gasteiger partial charge in [-0.05, 0) is 30.2 Å². The maximum Gasteiger partial charge on any atom is 0.0521 e. The van der Waals surface area contributed by atoms with Crippen LogP contribution in [-0.4, -0.2) is 15.1 Å². The van der Waals surface area contributed by atoms with E-state index in [0.29, 0.717) is 5.41 Å². The van der Waals surface area contributed by atoms with Gasteiger partial charge in [-0.2, -0.15) is 5.10 Å². The van der Waals surface area contributed by atoms with Gasteiger partial charge in [-0.15, -0.1) is 0 Å². The molecule has 0 saturated heterocycles. The molecule has 1 aliphatic carbocycles. The first kappa shape index (κ1) is 9.25. The SMILES string of the molecule is Cn1cc(CC2(CBr)CCC2)cn1. The molecule has 0 aromatic carbocycles. The first-order chi connectivity index (χ1) is 6.24. The second-order valence-electron chi connectivity index (χ2n) is 4.19. The van der Waals surface area contributed by atoms with Crippen molar-refractivity contribution in [3.8, 4) is 0 Å². The highest BCUT2D eigenvalue weighted by Gasteiger charge is 2.35. The minimum Gasteiger partial charge on any atom is -0.276 e. The van der Waals surface area contributed by atoms with Crippen LogP contribution in [0.2, 0.25) is 0 Å². The lowest BCUT2D eigenvalue weighted by atomic mass is 9.67. The van der Waals surface area contributed by atoms with Crippen molar-refractivity contribution in [2.24, 2.45) is 12.5 Å². The molecular formula is C10H15BrN2. The molecule has 2 nitrogen and oxygen atoms in total. The van der Waals surface area contributed by atoms with E-state index in [9.17, 15) is 0 Å². The van der Waals surface area contributed by atoms with Crippen LogP contribution in [0.4, 0.5) is 0 Å². The fraction of sp³-hybridized carbons (Fsp3) is 0.700. The minimum atomic E-state index is 0.545. The lowest BCUT2D eigenvalue weighted by Gasteiger charge is -2.40. The van der Waals surface area contributed by atoms with Crippen LogP contribution in [0.5, 0.6) is 0 Å². The van der Waals surface area contributed by atoms with E-state index in [-0.39, 0.29) is 0 Å². The number of alkyl halides is 1. The molecule has 0 radical (unpaired) electrons. The van der Waals surface area contributed by atoms with Gasteiger partial charge in [0.1, 0.15) is 0 Å². The van der Waals surface area contributed by atoms with Crippen molar-refractivity contribution >= 4 is 15.9 Å². The molecule has 1 aromatic heterocycles. The van der Waals surface area contributed by atoms with Gasteiger partial charge >= 0.3 is 0 Å². The molecule has 0 bridgehead atoms. The predicted octanol–water partition coefficient (Wildman–Crippen LogP) is 2.53. The molecule has 1 aromatic rings. The topological polar surface area (TPSA) is 17.8 Å². The van der Waals surface area contributed by atoms with Gasteiger partial charge in [0.05, 0.1) is 6.20 Å². The molecule has 1 saturated carbocycles. The van der Waals surface area contributed by atoms with E-state index >= 15 is 0 Å². The van der Waals surface area contributed by atoms with Crippen LogP contribution in [0.1, 0.15) is 24.8 Å². The Morgan fingerprint density at radius 1 is 1.62 bits per heavy atom. The van der Waals surface area contributed by atoms with Gasteiger partial charge in [-0.3, -0.25) is 4.68 Å². The second-order valence-corrected chi connectivity index (χ2v) is 4.75. The molecule has 13 heavy (non-hydrogen) atoms. The lowest BCUT2D eigenvalue weighted by molar-refractivity contribution is 0.170. The lowest BCUT2D eigenvalue weighted by Crippen LogP contribution is -2.33. The van der Waals surface area contributed by atoms with E-state index in [4.69, 9.17) is 0 Å². The maximum absolute atomic E-state index is 4.19. The Morgan fingerprint density at radius 2 is 2.38 bits per heavy atom. The molecule has 1 fully saturated rings. The van der Waals surface area contributed by atoms with Gasteiger partial charge in [0, 0.05) is 18.6 Å². The highest BCUT2D eigenvalue weighted by Crippen LogP contribution is 2.44. The van der Waals surface area contributed by atoms with Crippen LogP contribution >= 0.6 is 15.9 Å². The van der Waals surface area contributed by atoms with Crippen molar-refractivity contribution in [3.63, 3.8) is 0 Å². The summed E-state index contributed by atoms with van der Waals surface area (Å²) in [5.74, 6) is 0. The molecule has 0 spiro atoms. The Kier molecular flexibility index (Phi) is 2.45. The van der Waals surface area contributed by atoms with Crippen LogP contribution < -0.4 is 0 Å². The van der Waals surface area contributed by atoms with Crippen molar-refractivity contribution in [2.75, 3.05) is 5.33 Å². The minimum absolute atomic E-state index is 0.545. The van der Waals surface area contributed by atoms with Crippen LogP contribution in [0.3, 0.4) is 0 Å². The number of aromatic nitrogens is 2. The number of aryl methyl sites for hydroxylation is 1. The number of hydrogen-bond donors (Lipinski definition) is 0. The molecule has 1 heterocycles. The summed E-state index contributed by atoms with van der Waals surface area (Å²) in [5, 5.41) is 5.33. The van der Waals surface area contributed by atoms with Crippen molar-refractivity contribution < 1.29 is 0 Å². The van der Waals surface area contributed by atoms with Crippen molar-refractivity contribution in [1.82, 2.24) is 9.78 Å². The van der Waals surface area contributed by atoms with Gasteiger partial charge < -0.3 is 0 Å². The van der Waals surface area contributed by atoms with Crippen molar-refractivity contribution in [2.45, 2.75) is 25.7 Å². The van der Waals surface area contributed by atoms with Crippen LogP contribution in [-0.2, 0) is 13.5 Å². The molecule has 72 valence electrons. The highest BCUT2D eigenvalue weighted by atomic mass is 79.9. The van der Waals surface area contributed by atoms with Crippen molar-refractivity contribution in [1.29, 1.82) is 0 Å². The average Bonchev–Trinajstić information content (AvgIpc) is 2.44. The third kappa shape index (κ3) is 1.80. The maximum atomic E-state index is 4.19. The van der Waals surface area contributed by atoms with Crippen LogP contribution in [0, 0.1) is 5.41 Å². The van der Waals surface area contributed by atoms with Crippen LogP contribution in [0.15, 0.2) is 12.4 Å². The zero-order valence-corrected chi connectivity index (χ0v) is 9.55. The molecule has 0 atom stereocenters. The third-order valence-corrected chi connectivity index (χ3v) is 4.22. The predicted molar refractivity (Wildman–Crippen MR) is 57.0 cm³/mol. The molecule has 1 aliphatic rings. The Bertz CT molecular complexity index is 283. The molecule has 0 amide bonds. The van der Waals surface area contributed by atoms with Gasteiger partial charge in [0.15, 0.2) is 0 Å². The Hall–Kier alpha value is -0.310. The second kappa shape index (κ2) is 3.45. The van der Waals surface area contributed by atoms with E-state index < -0.39 is 0 Å². The summed E-state index contributed by atoms with van der Waals surface area (Å²) < 4.78 is 1.88. The van der Waals surface area contributed by atoms with Gasteiger partial charge in [0.2, 0.25) is 0 Å². The monoisotopic (exact) mass is 242 g/mol. The van der Waals surface area contributed by atoms with Gasteiger partial charge in [0.25, 0.3) is 0 Å². The van der Waals surface area contributed by atoms with Crippen molar-refractivity contribution in [3.05, 3.63) is 18.0 Å². The Labute approximate surface area is 87.5 Å². The van der Waals surface area contributed by atoms with E-state index in [2.05, 4.69) is 27.2 Å². The number of hydrogen-bond acceptors (Lipinski definition) is 1. The Balaban J connectivity index is 2.04. The first-order valence-electron chi connectivity index (χ1n) is 4.78. The van der Waals surface area contributed by atoms with E-state index in [1.54, 1.807) is 0 Å². The molecule has 0 unspecified atom stereocenters. The van der Waals surface area contributed by atoms with Gasteiger partial charge in [-0.1, -0.05) is 22.4 Å². The summed E-state index contributed by atoms with van der Waals surface area (Å²) in [6.45, 7) is 0. The Morgan fingerprint density at radius 3 is 2.77 bits per heavy atom. The third-order valence-electron chi connectivity index (χ3n) is 3.04. The zero-order valence-electron chi connectivity index (χ0n) is 7.96. The largest absolute Gasteiger partial charge is 0.276 e. The summed E-state index contributed by atoms with van der Waals surface area (Å²) in [6.07, 6.45) is 9.43. The van der Waals surface area contributed by atoms with E-state index in [1.165, 1.54) is 31.2 Å². The highest BCUT2D eigenvalue weighted by molar-refractivity contribution is 9.09. The standard InChI is InChI=1S/C10H15BrN2/c1-13-7-9(6-12-13)5-10(8-11)3-2-4-10/h6-7H,2-5,8H2,1H3. The molecule has 0 N–H and O–H groups in total. The smallest absolute Gasteiger partial charge is 0.0521 e. The summed E-state index contributed by atoms with van der Waals surface area (Å²) in [6, 6.07) is 0. The average molecular weight is 243 g/mol.